The summed E-state index contributed by atoms with van der Waals surface area (Å²) in [5.74, 6) is 0. The molecule has 0 aliphatic carbocycles. The third-order valence-electron chi connectivity index (χ3n) is 2.10. The predicted molar refractivity (Wildman–Crippen MR) is 55.7 cm³/mol. The maximum atomic E-state index is 12.6. The average molecular weight is 230 g/mol. The van der Waals surface area contributed by atoms with E-state index < -0.39 is 18.0 Å². The number of nitrogens with zero attached hydrogens (tertiary/aromatic N) is 1. The van der Waals surface area contributed by atoms with Crippen molar-refractivity contribution in [1.82, 2.24) is 4.57 Å². The number of rotatable bonds is 4. The summed E-state index contributed by atoms with van der Waals surface area (Å²) < 4.78 is 26.2. The van der Waals surface area contributed by atoms with Crippen LogP contribution < -0.4 is 10.9 Å². The van der Waals surface area contributed by atoms with Gasteiger partial charge in [0, 0.05) is 6.04 Å². The van der Waals surface area contributed by atoms with Gasteiger partial charge in [-0.15, -0.1) is 0 Å². The number of carbonyl (C=O) groups excluding carboxylic acids is 1. The zero-order valence-corrected chi connectivity index (χ0v) is 8.91. The van der Waals surface area contributed by atoms with Crippen LogP contribution in [0.15, 0.2) is 16.9 Å². The Kier molecular flexibility index (Phi) is 3.76. The highest BCUT2D eigenvalue weighted by atomic mass is 19.3. The molecule has 88 valence electrons. The predicted octanol–water partition coefficient (Wildman–Crippen LogP) is 1.94. The largest absolute Gasteiger partial charge is 0.324 e. The molecule has 0 aliphatic rings. The van der Waals surface area contributed by atoms with E-state index >= 15 is 0 Å². The van der Waals surface area contributed by atoms with Crippen molar-refractivity contribution >= 4 is 12.1 Å². The number of pyridine rings is 1. The highest BCUT2D eigenvalue weighted by Crippen LogP contribution is 2.21. The minimum Gasteiger partial charge on any atom is -0.324 e. The molecule has 1 heterocycles. The van der Waals surface area contributed by atoms with Crippen LogP contribution in [-0.4, -0.2) is 11.0 Å². The molecule has 16 heavy (non-hydrogen) atoms. The number of carbonyl (C=O) groups is 1. The molecule has 0 fully saturated rings. The van der Waals surface area contributed by atoms with E-state index in [0.29, 0.717) is 6.41 Å². The number of nitrogens with one attached hydrogen (secondary N) is 1. The monoisotopic (exact) mass is 230 g/mol. The highest BCUT2D eigenvalue weighted by molar-refractivity contribution is 5.70. The number of hydrogen-bond acceptors (Lipinski definition) is 2. The van der Waals surface area contributed by atoms with Crippen LogP contribution in [0.1, 0.15) is 32.0 Å². The average Bonchev–Trinajstić information content (AvgIpc) is 2.20. The van der Waals surface area contributed by atoms with Crippen molar-refractivity contribution in [2.24, 2.45) is 0 Å². The second-order valence-corrected chi connectivity index (χ2v) is 3.50. The van der Waals surface area contributed by atoms with E-state index in [1.165, 1.54) is 6.07 Å². The fourth-order valence-corrected chi connectivity index (χ4v) is 1.45. The fourth-order valence-electron chi connectivity index (χ4n) is 1.45. The maximum absolute atomic E-state index is 12.6. The Morgan fingerprint density at radius 3 is 2.44 bits per heavy atom. The van der Waals surface area contributed by atoms with Crippen molar-refractivity contribution < 1.29 is 13.6 Å². The molecule has 0 radical (unpaired) electrons. The van der Waals surface area contributed by atoms with Gasteiger partial charge in [-0.05, 0) is 26.0 Å². The Labute approximate surface area is 90.9 Å². The number of halogens is 2. The number of alkyl halides is 2. The lowest BCUT2D eigenvalue weighted by Gasteiger charge is -2.16. The Balaban J connectivity index is 3.42. The first-order valence-electron chi connectivity index (χ1n) is 4.72. The van der Waals surface area contributed by atoms with Gasteiger partial charge in [0.05, 0.1) is 5.69 Å². The molecular formula is C10H12F2N2O2. The number of hydrogen-bond donors (Lipinski definition) is 1. The van der Waals surface area contributed by atoms with Crippen molar-refractivity contribution in [2.75, 3.05) is 5.32 Å². The summed E-state index contributed by atoms with van der Waals surface area (Å²) in [5, 5.41) is 2.18. The molecule has 4 nitrogen and oxygen atoms in total. The van der Waals surface area contributed by atoms with Crippen molar-refractivity contribution in [3.63, 3.8) is 0 Å². The first-order chi connectivity index (χ1) is 7.49. The minimum atomic E-state index is -2.72. The second-order valence-electron chi connectivity index (χ2n) is 3.50. The highest BCUT2D eigenvalue weighted by Gasteiger charge is 2.17. The molecule has 1 aromatic rings. The fraction of sp³-hybridized carbons (Fsp3) is 0.400. The van der Waals surface area contributed by atoms with Crippen LogP contribution in [0.5, 0.6) is 0 Å². The molecule has 0 spiro atoms. The van der Waals surface area contributed by atoms with E-state index in [-0.39, 0.29) is 11.4 Å². The van der Waals surface area contributed by atoms with Gasteiger partial charge in [-0.25, -0.2) is 8.78 Å². The topological polar surface area (TPSA) is 51.1 Å². The van der Waals surface area contributed by atoms with Crippen molar-refractivity contribution in [1.29, 1.82) is 0 Å². The Bertz CT molecular complexity index is 441. The summed E-state index contributed by atoms with van der Waals surface area (Å²) in [7, 11) is 0. The van der Waals surface area contributed by atoms with Gasteiger partial charge in [-0.2, -0.15) is 0 Å². The van der Waals surface area contributed by atoms with Gasteiger partial charge in [0.25, 0.3) is 12.0 Å². The third kappa shape index (κ3) is 2.26. The lowest BCUT2D eigenvalue weighted by Crippen LogP contribution is -2.27. The van der Waals surface area contributed by atoms with Gasteiger partial charge in [0.1, 0.15) is 5.69 Å². The molecule has 6 heteroatoms. The van der Waals surface area contributed by atoms with E-state index in [4.69, 9.17) is 0 Å². The standard InChI is InChI=1S/C10H12F2N2O2/c1-6(2)14-8(9(11)12)4-3-7(10(14)16)13-5-15/h3-6,9H,1-2H3,(H,13,15). The number of aromatic nitrogens is 1. The van der Waals surface area contributed by atoms with Gasteiger partial charge >= 0.3 is 0 Å². The SMILES string of the molecule is CC(C)n1c(C(F)F)ccc(NC=O)c1=O. The summed E-state index contributed by atoms with van der Waals surface area (Å²) in [6.45, 7) is 3.25. The summed E-state index contributed by atoms with van der Waals surface area (Å²) in [6.07, 6.45) is -2.39. The molecule has 0 aromatic carbocycles. The number of amides is 1. The van der Waals surface area contributed by atoms with Crippen molar-refractivity contribution in [2.45, 2.75) is 26.3 Å². The molecule has 0 aliphatic heterocycles. The zero-order chi connectivity index (χ0) is 12.3. The lowest BCUT2D eigenvalue weighted by molar-refractivity contribution is -0.105. The van der Waals surface area contributed by atoms with E-state index in [1.54, 1.807) is 13.8 Å². The van der Waals surface area contributed by atoms with Gasteiger partial charge in [-0.3, -0.25) is 9.59 Å². The summed E-state index contributed by atoms with van der Waals surface area (Å²) >= 11 is 0. The van der Waals surface area contributed by atoms with Gasteiger partial charge < -0.3 is 9.88 Å². The third-order valence-corrected chi connectivity index (χ3v) is 2.10. The van der Waals surface area contributed by atoms with E-state index in [0.717, 1.165) is 10.6 Å². The molecule has 0 saturated carbocycles. The maximum Gasteiger partial charge on any atom is 0.278 e. The lowest BCUT2D eigenvalue weighted by atomic mass is 10.2. The second kappa shape index (κ2) is 4.87. The summed E-state index contributed by atoms with van der Waals surface area (Å²) in [5.41, 5.74) is -0.982. The molecule has 0 atom stereocenters. The minimum absolute atomic E-state index is 0.00639. The molecule has 0 unspecified atom stereocenters. The smallest absolute Gasteiger partial charge is 0.278 e. The van der Waals surface area contributed by atoms with Crippen molar-refractivity contribution in [3.05, 3.63) is 28.2 Å². The van der Waals surface area contributed by atoms with Gasteiger partial charge in [0.2, 0.25) is 6.41 Å². The summed E-state index contributed by atoms with van der Waals surface area (Å²) in [6, 6.07) is 1.92. The van der Waals surface area contributed by atoms with E-state index in [1.807, 2.05) is 0 Å². The molecule has 1 N–H and O–H groups in total. The molecule has 1 rings (SSSR count). The van der Waals surface area contributed by atoms with Gasteiger partial charge in [-0.1, -0.05) is 0 Å². The van der Waals surface area contributed by atoms with E-state index in [2.05, 4.69) is 5.32 Å². The molecule has 1 amide bonds. The Morgan fingerprint density at radius 1 is 1.38 bits per heavy atom. The van der Waals surface area contributed by atoms with Crippen LogP contribution >= 0.6 is 0 Å². The van der Waals surface area contributed by atoms with Crippen LogP contribution in [0.2, 0.25) is 0 Å². The molecule has 1 aromatic heterocycles. The van der Waals surface area contributed by atoms with Crippen LogP contribution in [0, 0.1) is 0 Å². The Morgan fingerprint density at radius 2 is 2.00 bits per heavy atom. The number of anilines is 1. The van der Waals surface area contributed by atoms with Crippen LogP contribution in [0.4, 0.5) is 14.5 Å². The normalized spacial score (nSPS) is 10.9. The van der Waals surface area contributed by atoms with Crippen LogP contribution in [0.25, 0.3) is 0 Å². The molecule has 0 saturated heterocycles. The van der Waals surface area contributed by atoms with Crippen LogP contribution in [0.3, 0.4) is 0 Å². The van der Waals surface area contributed by atoms with Gasteiger partial charge in [0.15, 0.2) is 0 Å². The molecular weight excluding hydrogens is 218 g/mol. The summed E-state index contributed by atoms with van der Waals surface area (Å²) in [4.78, 5) is 22.0. The zero-order valence-electron chi connectivity index (χ0n) is 8.91. The quantitative estimate of drug-likeness (QED) is 0.803. The Hall–Kier alpha value is -1.72. The first-order valence-corrected chi connectivity index (χ1v) is 4.72. The van der Waals surface area contributed by atoms with Crippen LogP contribution in [-0.2, 0) is 4.79 Å². The first kappa shape index (κ1) is 12.4. The van der Waals surface area contributed by atoms with E-state index in [9.17, 15) is 18.4 Å². The molecule has 0 bridgehead atoms. The van der Waals surface area contributed by atoms with Crippen molar-refractivity contribution in [3.8, 4) is 0 Å².